The maximum atomic E-state index is 9.14. The average molecular weight is 400 g/mol. The summed E-state index contributed by atoms with van der Waals surface area (Å²) < 4.78 is 1.77. The molecule has 0 amide bonds. The molecule has 0 radical (unpaired) electrons. The molecule has 2 atom stereocenters. The van der Waals surface area contributed by atoms with Crippen molar-refractivity contribution in [2.24, 2.45) is 5.73 Å². The zero-order valence-corrected chi connectivity index (χ0v) is 16.7. The minimum atomic E-state index is 0.280. The van der Waals surface area contributed by atoms with E-state index < -0.39 is 0 Å². The van der Waals surface area contributed by atoms with Gasteiger partial charge in [-0.25, -0.2) is 9.67 Å². The minimum absolute atomic E-state index is 0.280. The van der Waals surface area contributed by atoms with Crippen molar-refractivity contribution in [3.05, 3.63) is 65.6 Å². The SMILES string of the molecule is N#Cc1cccc(-n2cc([C@H]3CCC4CN(c5ncccc5CN)CCN43)nn2)c1. The van der Waals surface area contributed by atoms with Gasteiger partial charge in [-0.1, -0.05) is 17.3 Å². The number of rotatable bonds is 4. The van der Waals surface area contributed by atoms with Crippen LogP contribution in [0.3, 0.4) is 0 Å². The predicted octanol–water partition coefficient (Wildman–Crippen LogP) is 2.02. The molecule has 2 fully saturated rings. The first-order valence-electron chi connectivity index (χ1n) is 10.3. The van der Waals surface area contributed by atoms with Crippen LogP contribution in [-0.2, 0) is 6.54 Å². The summed E-state index contributed by atoms with van der Waals surface area (Å²) in [6.07, 6.45) is 6.04. The second-order valence-corrected chi connectivity index (χ2v) is 7.87. The Morgan fingerprint density at radius 2 is 2.10 bits per heavy atom. The van der Waals surface area contributed by atoms with Crippen LogP contribution in [0, 0.1) is 11.3 Å². The van der Waals surface area contributed by atoms with Crippen molar-refractivity contribution >= 4 is 5.82 Å². The molecule has 152 valence electrons. The molecule has 2 aromatic heterocycles. The van der Waals surface area contributed by atoms with E-state index in [9.17, 15) is 0 Å². The van der Waals surface area contributed by atoms with Gasteiger partial charge in [-0.05, 0) is 37.1 Å². The molecule has 2 N–H and O–H groups in total. The summed E-state index contributed by atoms with van der Waals surface area (Å²) in [7, 11) is 0. The molecule has 0 aliphatic carbocycles. The van der Waals surface area contributed by atoms with E-state index in [1.165, 1.54) is 0 Å². The van der Waals surface area contributed by atoms with E-state index in [4.69, 9.17) is 11.0 Å². The van der Waals surface area contributed by atoms with Crippen molar-refractivity contribution < 1.29 is 0 Å². The van der Waals surface area contributed by atoms with Gasteiger partial charge in [-0.3, -0.25) is 4.90 Å². The van der Waals surface area contributed by atoms with E-state index >= 15 is 0 Å². The summed E-state index contributed by atoms with van der Waals surface area (Å²) in [6, 6.07) is 14.4. The summed E-state index contributed by atoms with van der Waals surface area (Å²) in [5.41, 5.74) is 9.49. The van der Waals surface area contributed by atoms with E-state index in [0.717, 1.165) is 55.2 Å². The summed E-state index contributed by atoms with van der Waals surface area (Å²) in [6.45, 7) is 3.35. The lowest BCUT2D eigenvalue weighted by molar-refractivity contribution is 0.173. The zero-order chi connectivity index (χ0) is 20.5. The molecule has 1 aromatic carbocycles. The molecule has 2 saturated heterocycles. The van der Waals surface area contributed by atoms with Crippen LogP contribution >= 0.6 is 0 Å². The molecule has 3 aromatic rings. The van der Waals surface area contributed by atoms with Crippen LogP contribution in [0.1, 0.15) is 35.7 Å². The molecular weight excluding hydrogens is 376 g/mol. The van der Waals surface area contributed by atoms with Gasteiger partial charge in [0.1, 0.15) is 11.5 Å². The van der Waals surface area contributed by atoms with E-state index in [1.807, 2.05) is 36.7 Å². The van der Waals surface area contributed by atoms with Gasteiger partial charge in [0, 0.05) is 44.0 Å². The normalized spacial score (nSPS) is 21.4. The predicted molar refractivity (Wildman–Crippen MR) is 113 cm³/mol. The van der Waals surface area contributed by atoms with Crippen LogP contribution < -0.4 is 10.6 Å². The highest BCUT2D eigenvalue weighted by molar-refractivity contribution is 5.47. The second-order valence-electron chi connectivity index (χ2n) is 7.87. The number of benzene rings is 1. The Balaban J connectivity index is 1.32. The topological polar surface area (TPSA) is 99.9 Å². The second kappa shape index (κ2) is 7.86. The third kappa shape index (κ3) is 3.32. The summed E-state index contributed by atoms with van der Waals surface area (Å²) in [5, 5.41) is 17.9. The average Bonchev–Trinajstić information content (AvgIpc) is 3.45. The standard InChI is InChI=1S/C22H24N8/c23-12-16-3-1-5-18(11-16)30-15-20(26-27-30)21-7-6-19-14-28(9-10-29(19)21)22-17(13-24)4-2-8-25-22/h1-5,8,11,15,19,21H,6-7,9-10,13-14,24H2/t19?,21-/m1/s1. The lowest BCUT2D eigenvalue weighted by atomic mass is 10.1. The van der Waals surface area contributed by atoms with Crippen LogP contribution in [-0.4, -0.2) is 50.6 Å². The summed E-state index contributed by atoms with van der Waals surface area (Å²) in [4.78, 5) is 9.52. The number of piperazine rings is 1. The largest absolute Gasteiger partial charge is 0.353 e. The summed E-state index contributed by atoms with van der Waals surface area (Å²) >= 11 is 0. The first kappa shape index (κ1) is 18.7. The van der Waals surface area contributed by atoms with Gasteiger partial charge in [-0.15, -0.1) is 5.10 Å². The Bertz CT molecular complexity index is 1080. The van der Waals surface area contributed by atoms with Crippen LogP contribution in [0.5, 0.6) is 0 Å². The molecule has 30 heavy (non-hydrogen) atoms. The Hall–Kier alpha value is -3.28. The maximum absolute atomic E-state index is 9.14. The number of hydrogen-bond donors (Lipinski definition) is 1. The van der Waals surface area contributed by atoms with Crippen molar-refractivity contribution in [1.29, 1.82) is 5.26 Å². The third-order valence-electron chi connectivity index (χ3n) is 6.18. The zero-order valence-electron chi connectivity index (χ0n) is 16.7. The van der Waals surface area contributed by atoms with Crippen molar-refractivity contribution in [3.63, 3.8) is 0 Å². The highest BCUT2D eigenvalue weighted by atomic mass is 15.4. The number of anilines is 1. The van der Waals surface area contributed by atoms with E-state index in [-0.39, 0.29) is 6.04 Å². The van der Waals surface area contributed by atoms with Gasteiger partial charge in [0.25, 0.3) is 0 Å². The van der Waals surface area contributed by atoms with Gasteiger partial charge < -0.3 is 10.6 Å². The minimum Gasteiger partial charge on any atom is -0.353 e. The highest BCUT2D eigenvalue weighted by Crippen LogP contribution is 2.38. The number of hydrogen-bond acceptors (Lipinski definition) is 7. The molecular formula is C22H24N8. The smallest absolute Gasteiger partial charge is 0.133 e. The molecule has 5 rings (SSSR count). The van der Waals surface area contributed by atoms with Gasteiger partial charge in [0.2, 0.25) is 0 Å². The van der Waals surface area contributed by atoms with Crippen LogP contribution in [0.4, 0.5) is 5.82 Å². The van der Waals surface area contributed by atoms with Crippen molar-refractivity contribution in [3.8, 4) is 11.8 Å². The summed E-state index contributed by atoms with van der Waals surface area (Å²) in [5.74, 6) is 1.02. The highest BCUT2D eigenvalue weighted by Gasteiger charge is 2.39. The monoisotopic (exact) mass is 400 g/mol. The molecule has 4 heterocycles. The number of aromatic nitrogens is 4. The Morgan fingerprint density at radius 3 is 2.97 bits per heavy atom. The lowest BCUT2D eigenvalue weighted by Crippen LogP contribution is -2.51. The number of fused-ring (bicyclic) bond motifs is 1. The molecule has 8 nitrogen and oxygen atoms in total. The first-order valence-corrected chi connectivity index (χ1v) is 10.3. The van der Waals surface area contributed by atoms with Crippen LogP contribution in [0.2, 0.25) is 0 Å². The van der Waals surface area contributed by atoms with Crippen LogP contribution in [0.25, 0.3) is 5.69 Å². The van der Waals surface area contributed by atoms with Crippen molar-refractivity contribution in [2.45, 2.75) is 31.5 Å². The quantitative estimate of drug-likeness (QED) is 0.715. The Kier molecular flexibility index (Phi) is 4.91. The number of nitrogens with two attached hydrogens (primary N) is 1. The number of nitrogens with zero attached hydrogens (tertiary/aromatic N) is 7. The maximum Gasteiger partial charge on any atom is 0.133 e. The molecule has 0 saturated carbocycles. The molecule has 0 bridgehead atoms. The molecule has 2 aliphatic heterocycles. The van der Waals surface area contributed by atoms with E-state index in [1.54, 1.807) is 10.7 Å². The van der Waals surface area contributed by atoms with Gasteiger partial charge in [0.15, 0.2) is 0 Å². The lowest BCUT2D eigenvalue weighted by Gasteiger charge is -2.40. The van der Waals surface area contributed by atoms with E-state index in [0.29, 0.717) is 18.2 Å². The Labute approximate surface area is 175 Å². The van der Waals surface area contributed by atoms with Gasteiger partial charge >= 0.3 is 0 Å². The third-order valence-corrected chi connectivity index (χ3v) is 6.18. The van der Waals surface area contributed by atoms with Gasteiger partial charge in [0.05, 0.1) is 29.6 Å². The molecule has 8 heteroatoms. The van der Waals surface area contributed by atoms with Crippen LogP contribution in [0.15, 0.2) is 48.8 Å². The molecule has 2 aliphatic rings. The molecule has 0 spiro atoms. The Morgan fingerprint density at radius 1 is 1.17 bits per heavy atom. The van der Waals surface area contributed by atoms with Crippen molar-refractivity contribution in [1.82, 2.24) is 24.9 Å². The first-order chi connectivity index (χ1) is 14.8. The molecule has 1 unspecified atom stereocenters. The number of pyridine rings is 1. The fraction of sp³-hybridized carbons (Fsp3) is 0.364. The van der Waals surface area contributed by atoms with Crippen molar-refractivity contribution in [2.75, 3.05) is 24.5 Å². The fourth-order valence-electron chi connectivity index (χ4n) is 4.71. The fourth-order valence-corrected chi connectivity index (χ4v) is 4.71. The van der Waals surface area contributed by atoms with Gasteiger partial charge in [-0.2, -0.15) is 5.26 Å². The van der Waals surface area contributed by atoms with E-state index in [2.05, 4.69) is 37.2 Å². The number of nitriles is 1.